The zero-order valence-corrected chi connectivity index (χ0v) is 21.0. The summed E-state index contributed by atoms with van der Waals surface area (Å²) in [5.74, 6) is 7.05. The van der Waals surface area contributed by atoms with Crippen molar-refractivity contribution in [3.63, 3.8) is 0 Å². The van der Waals surface area contributed by atoms with Crippen LogP contribution in [0.4, 0.5) is 0 Å². The summed E-state index contributed by atoms with van der Waals surface area (Å²) < 4.78 is 5.05. The van der Waals surface area contributed by atoms with Gasteiger partial charge in [0.05, 0.1) is 19.0 Å². The Balaban J connectivity index is 0.000000233. The van der Waals surface area contributed by atoms with Crippen molar-refractivity contribution in [2.75, 3.05) is 21.2 Å². The number of H-pyrrole nitrogens is 1. The lowest BCUT2D eigenvalue weighted by Crippen LogP contribution is -2.45. The van der Waals surface area contributed by atoms with E-state index in [1.807, 2.05) is 44.2 Å². The molecule has 0 fully saturated rings. The molecule has 3 N–H and O–H groups in total. The molecule has 2 aromatic heterocycles. The van der Waals surface area contributed by atoms with Crippen LogP contribution in [0.15, 0.2) is 60.7 Å². The Morgan fingerprint density at radius 3 is 2.67 bits per heavy atom. The van der Waals surface area contributed by atoms with Gasteiger partial charge in [-0.15, -0.1) is 0 Å². The lowest BCUT2D eigenvalue weighted by molar-refractivity contribution is -0.109. The number of rotatable bonds is 6. The zero-order valence-electron chi connectivity index (χ0n) is 21.0. The van der Waals surface area contributed by atoms with E-state index in [0.29, 0.717) is 18.7 Å². The number of aromatic nitrogens is 3. The largest absolute Gasteiger partial charge is 0.497 e. The highest BCUT2D eigenvalue weighted by atomic mass is 16.5. The number of hydrogen-bond donors (Lipinski definition) is 3. The molecular weight excluding hydrogens is 456 g/mol. The molecule has 1 unspecified atom stereocenters. The highest BCUT2D eigenvalue weighted by Crippen LogP contribution is 2.25. The highest BCUT2D eigenvalue weighted by molar-refractivity contribution is 5.98. The molecule has 0 radical (unpaired) electrons. The molecule has 0 spiro atoms. The van der Waals surface area contributed by atoms with Gasteiger partial charge in [-0.25, -0.2) is 0 Å². The fourth-order valence-corrected chi connectivity index (χ4v) is 3.62. The molecule has 9 nitrogen and oxygen atoms in total. The van der Waals surface area contributed by atoms with Crippen molar-refractivity contribution >= 4 is 12.3 Å². The summed E-state index contributed by atoms with van der Waals surface area (Å²) in [6.45, 7) is 4.46. The minimum Gasteiger partial charge on any atom is -0.497 e. The molecule has 0 aliphatic carbocycles. The van der Waals surface area contributed by atoms with Gasteiger partial charge >= 0.3 is 0 Å². The van der Waals surface area contributed by atoms with Gasteiger partial charge in [0, 0.05) is 48.4 Å². The van der Waals surface area contributed by atoms with Gasteiger partial charge in [-0.2, -0.15) is 5.10 Å². The topological polar surface area (TPSA) is 112 Å². The van der Waals surface area contributed by atoms with Crippen molar-refractivity contribution in [3.8, 4) is 28.8 Å². The number of benzene rings is 1. The predicted molar refractivity (Wildman–Crippen MR) is 138 cm³/mol. The Morgan fingerprint density at radius 2 is 2.08 bits per heavy atom. The van der Waals surface area contributed by atoms with E-state index in [9.17, 15) is 9.59 Å². The van der Waals surface area contributed by atoms with Gasteiger partial charge in [-0.05, 0) is 50.7 Å². The number of methoxy groups -OCH3 is 1. The van der Waals surface area contributed by atoms with Crippen molar-refractivity contribution in [2.24, 2.45) is 0 Å². The van der Waals surface area contributed by atoms with Crippen molar-refractivity contribution in [1.82, 2.24) is 30.7 Å². The number of allylic oxidation sites excluding steroid dienone is 1. The van der Waals surface area contributed by atoms with Gasteiger partial charge in [0.25, 0.3) is 5.91 Å². The molecule has 186 valence electrons. The summed E-state index contributed by atoms with van der Waals surface area (Å²) in [5.41, 5.74) is 4.44. The molecule has 1 aliphatic rings. The summed E-state index contributed by atoms with van der Waals surface area (Å²) in [6, 6.07) is 9.41. The molecule has 2 amide bonds. The maximum atomic E-state index is 11.5. The van der Waals surface area contributed by atoms with Gasteiger partial charge in [-0.3, -0.25) is 25.0 Å². The second-order valence-electron chi connectivity index (χ2n) is 8.19. The zero-order chi connectivity index (χ0) is 26.1. The van der Waals surface area contributed by atoms with Gasteiger partial charge in [0.1, 0.15) is 11.3 Å². The Morgan fingerprint density at radius 1 is 1.28 bits per heavy atom. The lowest BCUT2D eigenvalue weighted by Gasteiger charge is -2.25. The van der Waals surface area contributed by atoms with Crippen LogP contribution in [0.5, 0.6) is 5.75 Å². The summed E-state index contributed by atoms with van der Waals surface area (Å²) in [7, 11) is 5.20. The van der Waals surface area contributed by atoms with Gasteiger partial charge in [0.15, 0.2) is 0 Å². The third-order valence-electron chi connectivity index (χ3n) is 5.86. The molecule has 0 saturated carbocycles. The van der Waals surface area contributed by atoms with Crippen LogP contribution in [0.1, 0.15) is 35.3 Å². The van der Waals surface area contributed by atoms with Crippen LogP contribution in [0.3, 0.4) is 0 Å². The number of nitrogens with one attached hydrogen (secondary N) is 3. The lowest BCUT2D eigenvalue weighted by atomic mass is 9.97. The number of aromatic amines is 1. The van der Waals surface area contributed by atoms with Gasteiger partial charge in [-0.1, -0.05) is 24.0 Å². The number of carbonyl (C=O) groups is 2. The third-order valence-corrected chi connectivity index (χ3v) is 5.86. The summed E-state index contributed by atoms with van der Waals surface area (Å²) in [4.78, 5) is 28.3. The number of fused-ring (bicyclic) bond motifs is 1. The van der Waals surface area contributed by atoms with Crippen LogP contribution in [0.2, 0.25) is 0 Å². The van der Waals surface area contributed by atoms with E-state index in [2.05, 4.69) is 37.7 Å². The SMILES string of the molecule is C/C=C(\NC=O)C(C)(C#Cc1ccc(-c2cn[nH]c2)nc1)NC.COc1ccc2c(c1)C(=O)N(C)C2. The minimum atomic E-state index is -0.654. The molecule has 4 rings (SSSR count). The second-order valence-corrected chi connectivity index (χ2v) is 8.19. The van der Waals surface area contributed by atoms with Crippen molar-refractivity contribution in [2.45, 2.75) is 25.9 Å². The van der Waals surface area contributed by atoms with Gasteiger partial charge < -0.3 is 15.0 Å². The van der Waals surface area contributed by atoms with Crippen LogP contribution in [0, 0.1) is 11.8 Å². The van der Waals surface area contributed by atoms with E-state index < -0.39 is 5.54 Å². The number of pyridine rings is 1. The Kier molecular flexibility index (Phi) is 8.60. The molecule has 0 saturated heterocycles. The monoisotopic (exact) mass is 486 g/mol. The van der Waals surface area contributed by atoms with E-state index in [1.54, 1.807) is 50.8 Å². The van der Waals surface area contributed by atoms with Crippen molar-refractivity contribution < 1.29 is 14.3 Å². The molecule has 1 atom stereocenters. The number of amides is 2. The normalized spacial score (nSPS) is 14.0. The highest BCUT2D eigenvalue weighted by Gasteiger charge is 2.25. The average molecular weight is 487 g/mol. The first-order chi connectivity index (χ1) is 17.3. The first kappa shape index (κ1) is 26.2. The molecule has 3 heterocycles. The molecule has 3 aromatic rings. The summed E-state index contributed by atoms with van der Waals surface area (Å²) >= 11 is 0. The Hall–Kier alpha value is -4.42. The molecular formula is C27H30N6O3. The average Bonchev–Trinajstić information content (AvgIpc) is 3.55. The molecule has 36 heavy (non-hydrogen) atoms. The van der Waals surface area contributed by atoms with E-state index >= 15 is 0 Å². The smallest absolute Gasteiger partial charge is 0.254 e. The van der Waals surface area contributed by atoms with E-state index in [0.717, 1.165) is 33.7 Å². The standard InChI is InChI=1S/C17H19N5O.C10H11NO2/c1-4-16(20-12-23)17(2,18-3)8-7-13-5-6-15(19-9-13)14-10-21-22-11-14;1-11-6-7-3-4-8(13-2)5-9(7)10(11)12/h4-6,9-12,18H,1-3H3,(H,20,23)(H,21,22);3-5H,6H2,1-2H3/b16-4-;. The quantitative estimate of drug-likeness (QED) is 0.365. The van der Waals surface area contributed by atoms with Crippen LogP contribution >= 0.6 is 0 Å². The first-order valence-corrected chi connectivity index (χ1v) is 11.3. The maximum Gasteiger partial charge on any atom is 0.254 e. The number of ether oxygens (including phenoxy) is 1. The van der Waals surface area contributed by atoms with Gasteiger partial charge in [0.2, 0.25) is 6.41 Å². The number of hydrogen-bond acceptors (Lipinski definition) is 6. The first-order valence-electron chi connectivity index (χ1n) is 11.3. The molecule has 1 aliphatic heterocycles. The second kappa shape index (κ2) is 11.8. The third kappa shape index (κ3) is 5.98. The fourth-order valence-electron chi connectivity index (χ4n) is 3.62. The minimum absolute atomic E-state index is 0.0777. The van der Waals surface area contributed by atoms with E-state index in [1.165, 1.54) is 0 Å². The van der Waals surface area contributed by atoms with Crippen LogP contribution in [0.25, 0.3) is 11.3 Å². The number of nitrogens with zero attached hydrogens (tertiary/aromatic N) is 3. The Bertz CT molecular complexity index is 1290. The van der Waals surface area contributed by atoms with E-state index in [-0.39, 0.29) is 5.91 Å². The molecule has 0 bridgehead atoms. The fraction of sp³-hybridized carbons (Fsp3) is 0.259. The maximum absolute atomic E-state index is 11.5. The summed E-state index contributed by atoms with van der Waals surface area (Å²) in [5, 5.41) is 12.5. The van der Waals surface area contributed by atoms with Crippen LogP contribution in [-0.2, 0) is 11.3 Å². The predicted octanol–water partition coefficient (Wildman–Crippen LogP) is 2.73. The van der Waals surface area contributed by atoms with E-state index in [4.69, 9.17) is 4.74 Å². The molecule has 1 aromatic carbocycles. The number of carbonyl (C=O) groups excluding carboxylic acids is 2. The summed E-state index contributed by atoms with van der Waals surface area (Å²) in [6.07, 6.45) is 7.69. The molecule has 9 heteroatoms. The Labute approximate surface area is 211 Å². The van der Waals surface area contributed by atoms with Crippen molar-refractivity contribution in [1.29, 1.82) is 0 Å². The van der Waals surface area contributed by atoms with Crippen molar-refractivity contribution in [3.05, 3.63) is 77.4 Å². The van der Waals surface area contributed by atoms with Crippen LogP contribution < -0.4 is 15.4 Å². The van der Waals surface area contributed by atoms with Crippen LogP contribution in [-0.4, -0.2) is 59.1 Å². The number of likely N-dealkylation sites (N-methyl/N-ethyl adjacent to an activating group) is 1.